The molecule has 0 amide bonds. The summed E-state index contributed by atoms with van der Waals surface area (Å²) < 4.78 is 26.9. The van der Waals surface area contributed by atoms with Gasteiger partial charge in [-0.3, -0.25) is 10.1 Å². The summed E-state index contributed by atoms with van der Waals surface area (Å²) in [5, 5.41) is 14.4. The lowest BCUT2D eigenvalue weighted by Crippen LogP contribution is -2.37. The largest absolute Gasteiger partial charge is 0.375 e. The highest BCUT2D eigenvalue weighted by Gasteiger charge is 2.30. The van der Waals surface area contributed by atoms with Crippen LogP contribution in [0.15, 0.2) is 23.1 Å². The third-order valence-electron chi connectivity index (χ3n) is 4.06. The second kappa shape index (κ2) is 6.68. The number of piperidine rings is 1. The summed E-state index contributed by atoms with van der Waals surface area (Å²) in [4.78, 5) is 10.8. The Morgan fingerprint density at radius 3 is 2.33 bits per heavy atom. The first kappa shape index (κ1) is 18.7. The maximum atomic E-state index is 12.7. The van der Waals surface area contributed by atoms with E-state index in [1.165, 1.54) is 16.4 Å². The van der Waals surface area contributed by atoms with Gasteiger partial charge in [0, 0.05) is 24.7 Å². The summed E-state index contributed by atoms with van der Waals surface area (Å²) in [6, 6.07) is 4.07. The number of benzene rings is 1. The maximum Gasteiger partial charge on any atom is 0.293 e. The summed E-state index contributed by atoms with van der Waals surface area (Å²) in [5.74, 6) is 0.504. The molecule has 1 N–H and O–H groups in total. The Labute approximate surface area is 143 Å². The third kappa shape index (κ3) is 4.24. The molecule has 24 heavy (non-hydrogen) atoms. The lowest BCUT2D eigenvalue weighted by atomic mass is 10.0. The molecule has 1 saturated heterocycles. The fraction of sp³-hybridized carbons (Fsp3) is 0.625. The summed E-state index contributed by atoms with van der Waals surface area (Å²) in [7, 11) is -3.70. The predicted molar refractivity (Wildman–Crippen MR) is 93.6 cm³/mol. The molecule has 0 radical (unpaired) electrons. The van der Waals surface area contributed by atoms with Gasteiger partial charge in [-0.05, 0) is 51.7 Å². The van der Waals surface area contributed by atoms with Crippen molar-refractivity contribution in [1.29, 1.82) is 0 Å². The van der Waals surface area contributed by atoms with E-state index in [1.54, 1.807) is 0 Å². The Balaban J connectivity index is 2.37. The highest BCUT2D eigenvalue weighted by atomic mass is 32.2. The molecular weight excluding hydrogens is 330 g/mol. The predicted octanol–water partition coefficient (Wildman–Crippen LogP) is 3.23. The number of rotatable bonds is 4. The van der Waals surface area contributed by atoms with E-state index in [0.29, 0.717) is 24.7 Å². The molecule has 0 unspecified atom stereocenters. The number of anilines is 1. The van der Waals surface area contributed by atoms with Crippen molar-refractivity contribution in [3.8, 4) is 0 Å². The Bertz CT molecular complexity index is 717. The second-order valence-corrected chi connectivity index (χ2v) is 9.34. The minimum Gasteiger partial charge on any atom is -0.375 e. The number of sulfonamides is 1. The van der Waals surface area contributed by atoms with Crippen molar-refractivity contribution in [1.82, 2.24) is 4.31 Å². The standard InChI is InChI=1S/C16H25N3O4S/c1-12-7-9-18(10-8-12)24(22,23)13-5-6-14(17-16(2,3)4)15(11-13)19(20)21/h5-6,11-12,17H,7-10H2,1-4H3. The van der Waals surface area contributed by atoms with Crippen LogP contribution in [0, 0.1) is 16.0 Å². The first-order valence-corrected chi connectivity index (χ1v) is 9.51. The first-order chi connectivity index (χ1) is 11.0. The smallest absolute Gasteiger partial charge is 0.293 e. The number of nitrogens with zero attached hydrogens (tertiary/aromatic N) is 2. The van der Waals surface area contributed by atoms with Gasteiger partial charge in [0.1, 0.15) is 5.69 Å². The summed E-state index contributed by atoms with van der Waals surface area (Å²) >= 11 is 0. The van der Waals surface area contributed by atoms with Crippen LogP contribution in [0.4, 0.5) is 11.4 Å². The molecule has 134 valence electrons. The average Bonchev–Trinajstić information content (AvgIpc) is 2.46. The summed E-state index contributed by atoms with van der Waals surface area (Å²) in [6.07, 6.45) is 1.62. The molecule has 1 aromatic rings. The number of nitro groups is 1. The van der Waals surface area contributed by atoms with Crippen LogP contribution in [0.1, 0.15) is 40.5 Å². The van der Waals surface area contributed by atoms with Gasteiger partial charge in [0.05, 0.1) is 9.82 Å². The van der Waals surface area contributed by atoms with E-state index in [1.807, 2.05) is 20.8 Å². The molecule has 1 fully saturated rings. The number of hydrogen-bond donors (Lipinski definition) is 1. The minimum absolute atomic E-state index is 0.0248. The van der Waals surface area contributed by atoms with E-state index in [9.17, 15) is 18.5 Å². The topological polar surface area (TPSA) is 92.6 Å². The van der Waals surface area contributed by atoms with Gasteiger partial charge in [-0.2, -0.15) is 4.31 Å². The Kier molecular flexibility index (Phi) is 5.19. The molecule has 1 aliphatic rings. The van der Waals surface area contributed by atoms with Crippen LogP contribution in [0.3, 0.4) is 0 Å². The molecule has 2 rings (SSSR count). The Morgan fingerprint density at radius 1 is 1.25 bits per heavy atom. The summed E-state index contributed by atoms with van der Waals surface area (Å²) in [6.45, 7) is 8.67. The zero-order valence-corrected chi connectivity index (χ0v) is 15.4. The normalized spacial score (nSPS) is 17.7. The molecule has 0 spiro atoms. The van der Waals surface area contributed by atoms with Crippen LogP contribution in [0.25, 0.3) is 0 Å². The third-order valence-corrected chi connectivity index (χ3v) is 5.95. The maximum absolute atomic E-state index is 12.7. The molecule has 1 aliphatic heterocycles. The van der Waals surface area contributed by atoms with Crippen LogP contribution in [0.2, 0.25) is 0 Å². The zero-order chi connectivity index (χ0) is 18.1. The van der Waals surface area contributed by atoms with Crippen LogP contribution >= 0.6 is 0 Å². The van der Waals surface area contributed by atoms with Crippen molar-refractivity contribution in [2.45, 2.75) is 51.0 Å². The fourth-order valence-corrected chi connectivity index (χ4v) is 4.20. The van der Waals surface area contributed by atoms with Crippen molar-refractivity contribution in [3.63, 3.8) is 0 Å². The quantitative estimate of drug-likeness (QED) is 0.661. The van der Waals surface area contributed by atoms with E-state index in [2.05, 4.69) is 12.2 Å². The lowest BCUT2D eigenvalue weighted by Gasteiger charge is -2.29. The Morgan fingerprint density at radius 2 is 1.83 bits per heavy atom. The number of nitro benzene ring substituents is 1. The van der Waals surface area contributed by atoms with Gasteiger partial charge in [0.2, 0.25) is 10.0 Å². The van der Waals surface area contributed by atoms with E-state index >= 15 is 0 Å². The van der Waals surface area contributed by atoms with Gasteiger partial charge in [0.15, 0.2) is 0 Å². The monoisotopic (exact) mass is 355 g/mol. The van der Waals surface area contributed by atoms with Gasteiger partial charge >= 0.3 is 0 Å². The van der Waals surface area contributed by atoms with Crippen LogP contribution in [-0.4, -0.2) is 36.3 Å². The molecule has 1 aromatic carbocycles. The molecule has 0 atom stereocenters. The van der Waals surface area contributed by atoms with Crippen LogP contribution in [-0.2, 0) is 10.0 Å². The fourth-order valence-electron chi connectivity index (χ4n) is 2.71. The molecule has 0 bridgehead atoms. The molecule has 0 saturated carbocycles. The molecule has 0 aromatic heterocycles. The van der Waals surface area contributed by atoms with Crippen molar-refractivity contribution in [2.24, 2.45) is 5.92 Å². The molecule has 0 aliphatic carbocycles. The van der Waals surface area contributed by atoms with Crippen LogP contribution < -0.4 is 5.32 Å². The van der Waals surface area contributed by atoms with E-state index in [0.717, 1.165) is 18.9 Å². The zero-order valence-electron chi connectivity index (χ0n) is 14.6. The van der Waals surface area contributed by atoms with Crippen molar-refractivity contribution >= 4 is 21.4 Å². The van der Waals surface area contributed by atoms with Crippen molar-refractivity contribution in [3.05, 3.63) is 28.3 Å². The van der Waals surface area contributed by atoms with Crippen molar-refractivity contribution in [2.75, 3.05) is 18.4 Å². The molecule has 1 heterocycles. The SMILES string of the molecule is CC1CCN(S(=O)(=O)c2ccc(NC(C)(C)C)c([N+](=O)[O-])c2)CC1. The minimum atomic E-state index is -3.70. The van der Waals surface area contributed by atoms with Gasteiger partial charge in [-0.25, -0.2) is 8.42 Å². The summed E-state index contributed by atoms with van der Waals surface area (Å²) in [5.41, 5.74) is -0.274. The van der Waals surface area contributed by atoms with E-state index in [4.69, 9.17) is 0 Å². The molecular formula is C16H25N3O4S. The lowest BCUT2D eigenvalue weighted by molar-refractivity contribution is -0.384. The highest BCUT2D eigenvalue weighted by molar-refractivity contribution is 7.89. The van der Waals surface area contributed by atoms with Gasteiger partial charge in [0.25, 0.3) is 5.69 Å². The Hall–Kier alpha value is -1.67. The number of nitrogens with one attached hydrogen (secondary N) is 1. The number of hydrogen-bond acceptors (Lipinski definition) is 5. The van der Waals surface area contributed by atoms with Crippen molar-refractivity contribution < 1.29 is 13.3 Å². The van der Waals surface area contributed by atoms with Gasteiger partial charge < -0.3 is 5.32 Å². The molecule has 8 heteroatoms. The van der Waals surface area contributed by atoms with Gasteiger partial charge in [-0.15, -0.1) is 0 Å². The average molecular weight is 355 g/mol. The molecule has 7 nitrogen and oxygen atoms in total. The van der Waals surface area contributed by atoms with Crippen LogP contribution in [0.5, 0.6) is 0 Å². The van der Waals surface area contributed by atoms with E-state index < -0.39 is 14.9 Å². The highest BCUT2D eigenvalue weighted by Crippen LogP contribution is 2.32. The first-order valence-electron chi connectivity index (χ1n) is 8.07. The second-order valence-electron chi connectivity index (χ2n) is 7.40. The van der Waals surface area contributed by atoms with E-state index in [-0.39, 0.29) is 16.1 Å². The van der Waals surface area contributed by atoms with Gasteiger partial charge in [-0.1, -0.05) is 6.92 Å².